The van der Waals surface area contributed by atoms with Crippen LogP contribution in [0.5, 0.6) is 11.5 Å². The molecule has 0 radical (unpaired) electrons. The first-order valence-electron chi connectivity index (χ1n) is 10.6. The van der Waals surface area contributed by atoms with Gasteiger partial charge in [-0.25, -0.2) is 9.50 Å². The number of fused-ring (bicyclic) bond motifs is 1. The second kappa shape index (κ2) is 9.98. The maximum atomic E-state index is 5.54. The van der Waals surface area contributed by atoms with Crippen LogP contribution in [0.3, 0.4) is 0 Å². The Morgan fingerprint density at radius 2 is 1.84 bits per heavy atom. The van der Waals surface area contributed by atoms with Gasteiger partial charge in [0.2, 0.25) is 0 Å². The van der Waals surface area contributed by atoms with Crippen molar-refractivity contribution in [3.63, 3.8) is 0 Å². The van der Waals surface area contributed by atoms with Gasteiger partial charge in [-0.1, -0.05) is 32.9 Å². The van der Waals surface area contributed by atoms with Crippen LogP contribution in [0.2, 0.25) is 0 Å². The number of ether oxygens (including phenoxy) is 2. The maximum absolute atomic E-state index is 5.54. The Balaban J connectivity index is 0.00000132. The number of nitrogens with one attached hydrogen (secondary N) is 1. The van der Waals surface area contributed by atoms with E-state index in [1.165, 1.54) is 0 Å². The minimum absolute atomic E-state index is 0.758. The molecule has 0 aliphatic rings. The van der Waals surface area contributed by atoms with Crippen LogP contribution in [0.25, 0.3) is 16.8 Å². The van der Waals surface area contributed by atoms with Crippen LogP contribution < -0.4 is 14.8 Å². The molecule has 0 unspecified atom stereocenters. The van der Waals surface area contributed by atoms with E-state index in [-0.39, 0.29) is 0 Å². The van der Waals surface area contributed by atoms with Crippen molar-refractivity contribution >= 4 is 17.2 Å². The third-order valence-electron chi connectivity index (χ3n) is 4.96. The van der Waals surface area contributed by atoms with Crippen molar-refractivity contribution in [3.05, 3.63) is 66.0 Å². The second-order valence-electron chi connectivity index (χ2n) is 6.84. The van der Waals surface area contributed by atoms with E-state index in [0.717, 1.165) is 57.3 Å². The van der Waals surface area contributed by atoms with Crippen LogP contribution in [-0.4, -0.2) is 28.8 Å². The zero-order chi connectivity index (χ0) is 22.4. The molecule has 6 heteroatoms. The molecule has 4 aromatic rings. The molecule has 0 bridgehead atoms. The first-order chi connectivity index (χ1) is 15.1. The molecular formula is C25H30N4O2. The maximum Gasteiger partial charge on any atom is 0.165 e. The van der Waals surface area contributed by atoms with Gasteiger partial charge in [-0.3, -0.25) is 0 Å². The number of aryl methyl sites for hydroxylation is 2. The number of hydrogen-bond donors (Lipinski definition) is 1. The van der Waals surface area contributed by atoms with Gasteiger partial charge >= 0.3 is 0 Å². The van der Waals surface area contributed by atoms with E-state index in [0.29, 0.717) is 0 Å². The molecule has 0 fully saturated rings. The molecule has 0 saturated carbocycles. The molecule has 162 valence electrons. The topological polar surface area (TPSA) is 60.7 Å². The van der Waals surface area contributed by atoms with Gasteiger partial charge in [0.05, 0.1) is 20.4 Å². The SMILES string of the molecule is CC.CCc1cc(Nc2ccn3ncc(-c4cccc(OC)c4)c3n2)cc(C)c1OC. The fourth-order valence-electron chi connectivity index (χ4n) is 3.55. The summed E-state index contributed by atoms with van der Waals surface area (Å²) in [4.78, 5) is 4.81. The molecule has 0 aliphatic heterocycles. The van der Waals surface area contributed by atoms with E-state index < -0.39 is 0 Å². The monoisotopic (exact) mass is 418 g/mol. The highest BCUT2D eigenvalue weighted by Crippen LogP contribution is 2.30. The molecule has 1 N–H and O–H groups in total. The summed E-state index contributed by atoms with van der Waals surface area (Å²) in [5.74, 6) is 2.50. The minimum atomic E-state index is 0.758. The number of anilines is 2. The highest BCUT2D eigenvalue weighted by Gasteiger charge is 2.12. The summed E-state index contributed by atoms with van der Waals surface area (Å²) in [7, 11) is 3.38. The Labute approximate surface area is 183 Å². The fraction of sp³-hybridized carbons (Fsp3) is 0.280. The molecule has 0 spiro atoms. The zero-order valence-electron chi connectivity index (χ0n) is 19.1. The molecule has 2 aromatic heterocycles. The van der Waals surface area contributed by atoms with Gasteiger partial charge in [0, 0.05) is 17.4 Å². The van der Waals surface area contributed by atoms with Crippen molar-refractivity contribution in [1.82, 2.24) is 14.6 Å². The molecule has 2 aromatic carbocycles. The van der Waals surface area contributed by atoms with E-state index in [2.05, 4.69) is 36.4 Å². The van der Waals surface area contributed by atoms with E-state index in [1.54, 1.807) is 18.7 Å². The summed E-state index contributed by atoms with van der Waals surface area (Å²) in [5, 5.41) is 7.85. The molecule has 0 atom stereocenters. The van der Waals surface area contributed by atoms with Crippen molar-refractivity contribution in [2.75, 3.05) is 19.5 Å². The second-order valence-corrected chi connectivity index (χ2v) is 6.84. The molecular weight excluding hydrogens is 388 g/mol. The van der Waals surface area contributed by atoms with Crippen LogP contribution in [0.1, 0.15) is 31.9 Å². The average Bonchev–Trinajstić information content (AvgIpc) is 3.23. The number of methoxy groups -OCH3 is 2. The van der Waals surface area contributed by atoms with Gasteiger partial charge in [0.1, 0.15) is 17.3 Å². The summed E-state index contributed by atoms with van der Waals surface area (Å²) in [6, 6.07) is 14.0. The van der Waals surface area contributed by atoms with Crippen molar-refractivity contribution < 1.29 is 9.47 Å². The summed E-state index contributed by atoms with van der Waals surface area (Å²) >= 11 is 0. The number of hydrogen-bond acceptors (Lipinski definition) is 5. The molecule has 6 nitrogen and oxygen atoms in total. The van der Waals surface area contributed by atoms with Crippen molar-refractivity contribution in [2.45, 2.75) is 34.1 Å². The quantitative estimate of drug-likeness (QED) is 0.413. The van der Waals surface area contributed by atoms with Gasteiger partial charge in [-0.05, 0) is 60.4 Å². The van der Waals surface area contributed by atoms with Crippen molar-refractivity contribution in [3.8, 4) is 22.6 Å². The summed E-state index contributed by atoms with van der Waals surface area (Å²) < 4.78 is 12.7. The average molecular weight is 419 g/mol. The summed E-state index contributed by atoms with van der Waals surface area (Å²) in [6.07, 6.45) is 4.63. The molecule has 31 heavy (non-hydrogen) atoms. The Bertz CT molecular complexity index is 1170. The predicted molar refractivity (Wildman–Crippen MR) is 127 cm³/mol. The molecule has 0 saturated heterocycles. The van der Waals surface area contributed by atoms with E-state index in [1.807, 2.05) is 56.6 Å². The summed E-state index contributed by atoms with van der Waals surface area (Å²) in [5.41, 5.74) is 5.99. The van der Waals surface area contributed by atoms with E-state index in [9.17, 15) is 0 Å². The minimum Gasteiger partial charge on any atom is -0.497 e. The van der Waals surface area contributed by atoms with Gasteiger partial charge in [0.15, 0.2) is 5.65 Å². The van der Waals surface area contributed by atoms with Crippen LogP contribution >= 0.6 is 0 Å². The largest absolute Gasteiger partial charge is 0.497 e. The smallest absolute Gasteiger partial charge is 0.165 e. The lowest BCUT2D eigenvalue weighted by atomic mass is 10.1. The Morgan fingerprint density at radius 3 is 2.55 bits per heavy atom. The van der Waals surface area contributed by atoms with Crippen molar-refractivity contribution in [2.24, 2.45) is 0 Å². The van der Waals surface area contributed by atoms with Crippen LogP contribution in [0.4, 0.5) is 11.5 Å². The highest BCUT2D eigenvalue weighted by atomic mass is 16.5. The van der Waals surface area contributed by atoms with Gasteiger partial charge in [-0.2, -0.15) is 5.10 Å². The van der Waals surface area contributed by atoms with Crippen LogP contribution in [0.15, 0.2) is 54.9 Å². The first kappa shape index (κ1) is 22.2. The first-order valence-corrected chi connectivity index (χ1v) is 10.6. The van der Waals surface area contributed by atoms with Gasteiger partial charge < -0.3 is 14.8 Å². The van der Waals surface area contributed by atoms with E-state index >= 15 is 0 Å². The molecule has 0 aliphatic carbocycles. The number of benzene rings is 2. The Morgan fingerprint density at radius 1 is 1.03 bits per heavy atom. The number of rotatable bonds is 6. The lowest BCUT2D eigenvalue weighted by Gasteiger charge is -2.14. The van der Waals surface area contributed by atoms with Crippen molar-refractivity contribution in [1.29, 1.82) is 0 Å². The predicted octanol–water partition coefficient (Wildman–Crippen LogP) is 6.05. The number of nitrogens with zero attached hydrogens (tertiary/aromatic N) is 3. The molecule has 4 rings (SSSR count). The lowest BCUT2D eigenvalue weighted by molar-refractivity contribution is 0.407. The normalized spacial score (nSPS) is 10.4. The zero-order valence-corrected chi connectivity index (χ0v) is 19.1. The highest BCUT2D eigenvalue weighted by molar-refractivity contribution is 5.78. The van der Waals surface area contributed by atoms with Crippen LogP contribution in [0, 0.1) is 6.92 Å². The lowest BCUT2D eigenvalue weighted by Crippen LogP contribution is -2.00. The van der Waals surface area contributed by atoms with Gasteiger partial charge in [0.25, 0.3) is 0 Å². The summed E-state index contributed by atoms with van der Waals surface area (Å²) in [6.45, 7) is 8.18. The van der Waals surface area contributed by atoms with E-state index in [4.69, 9.17) is 14.5 Å². The van der Waals surface area contributed by atoms with Crippen LogP contribution in [-0.2, 0) is 6.42 Å². The number of aromatic nitrogens is 3. The Hall–Kier alpha value is -3.54. The Kier molecular flexibility index (Phi) is 7.13. The third-order valence-corrected chi connectivity index (χ3v) is 4.96. The molecule has 0 amide bonds. The fourth-order valence-corrected chi connectivity index (χ4v) is 3.55. The standard InChI is InChI=1S/C23H24N4O2.C2H6/c1-5-16-12-18(11-15(2)22(16)29-4)25-21-9-10-27-23(26-21)20(14-24-27)17-7-6-8-19(13-17)28-3;1-2/h6-14H,5H2,1-4H3,(H,25,26);1-2H3. The van der Waals surface area contributed by atoms with Gasteiger partial charge in [-0.15, -0.1) is 0 Å². The third kappa shape index (κ3) is 4.63. The molecule has 2 heterocycles.